The Morgan fingerprint density at radius 2 is 1.90 bits per heavy atom. The summed E-state index contributed by atoms with van der Waals surface area (Å²) in [6.07, 6.45) is 1.61. The molecule has 0 atom stereocenters. The highest BCUT2D eigenvalue weighted by molar-refractivity contribution is 9.10. The van der Waals surface area contributed by atoms with E-state index in [-0.39, 0.29) is 17.4 Å². The summed E-state index contributed by atoms with van der Waals surface area (Å²) < 4.78 is 0.911. The predicted octanol–water partition coefficient (Wildman–Crippen LogP) is 2.97. The minimum Gasteiger partial charge on any atom is -0.267 e. The SMILES string of the molecule is O=C1NN(c2ccc(Br)cc2)C(=O)/C1=C\c1cccs1. The van der Waals surface area contributed by atoms with Crippen LogP contribution in [0, 0.1) is 0 Å². The molecule has 3 rings (SSSR count). The minimum atomic E-state index is -0.383. The van der Waals surface area contributed by atoms with E-state index in [1.54, 1.807) is 18.2 Å². The van der Waals surface area contributed by atoms with E-state index in [2.05, 4.69) is 21.4 Å². The van der Waals surface area contributed by atoms with Gasteiger partial charge in [0.1, 0.15) is 5.57 Å². The molecule has 0 saturated carbocycles. The van der Waals surface area contributed by atoms with Crippen LogP contribution in [0.1, 0.15) is 4.88 Å². The van der Waals surface area contributed by atoms with Gasteiger partial charge in [-0.05, 0) is 41.8 Å². The molecule has 2 aromatic rings. The number of amides is 2. The van der Waals surface area contributed by atoms with Gasteiger partial charge >= 0.3 is 0 Å². The first-order valence-electron chi connectivity index (χ1n) is 5.81. The van der Waals surface area contributed by atoms with Gasteiger partial charge in [0.05, 0.1) is 5.69 Å². The third kappa shape index (κ3) is 2.39. The van der Waals surface area contributed by atoms with Crippen molar-refractivity contribution < 1.29 is 9.59 Å². The fourth-order valence-corrected chi connectivity index (χ4v) is 2.77. The maximum Gasteiger partial charge on any atom is 0.282 e. The molecule has 100 valence electrons. The van der Waals surface area contributed by atoms with Crippen LogP contribution in [-0.4, -0.2) is 11.8 Å². The van der Waals surface area contributed by atoms with E-state index in [1.165, 1.54) is 16.3 Å². The second-order valence-electron chi connectivity index (χ2n) is 4.13. The number of carbonyl (C=O) groups is 2. The van der Waals surface area contributed by atoms with Crippen LogP contribution in [0.5, 0.6) is 0 Å². The first-order valence-corrected chi connectivity index (χ1v) is 7.48. The van der Waals surface area contributed by atoms with E-state index >= 15 is 0 Å². The molecule has 1 saturated heterocycles. The lowest BCUT2D eigenvalue weighted by atomic mass is 10.2. The Morgan fingerprint density at radius 1 is 1.15 bits per heavy atom. The van der Waals surface area contributed by atoms with Gasteiger partial charge in [-0.3, -0.25) is 15.0 Å². The van der Waals surface area contributed by atoms with Gasteiger partial charge in [0.25, 0.3) is 11.8 Å². The number of hydrogen-bond acceptors (Lipinski definition) is 3. The van der Waals surface area contributed by atoms with Crippen molar-refractivity contribution in [2.45, 2.75) is 0 Å². The zero-order chi connectivity index (χ0) is 14.1. The Kier molecular flexibility index (Phi) is 3.42. The van der Waals surface area contributed by atoms with Gasteiger partial charge in [-0.1, -0.05) is 22.0 Å². The summed E-state index contributed by atoms with van der Waals surface area (Å²) in [5, 5.41) is 3.16. The second-order valence-corrected chi connectivity index (χ2v) is 6.03. The standard InChI is InChI=1S/C14H9BrN2O2S/c15-9-3-5-10(6-4-9)17-14(19)12(13(18)16-17)8-11-2-1-7-20-11/h1-8H,(H,16,18)/b12-8-. The predicted molar refractivity (Wildman–Crippen MR) is 82.1 cm³/mol. The third-order valence-corrected chi connectivity index (χ3v) is 4.15. The molecule has 1 aromatic heterocycles. The topological polar surface area (TPSA) is 49.4 Å². The quantitative estimate of drug-likeness (QED) is 0.669. The number of thiophene rings is 1. The van der Waals surface area contributed by atoms with Gasteiger partial charge in [0.15, 0.2) is 0 Å². The van der Waals surface area contributed by atoms with E-state index in [0.717, 1.165) is 9.35 Å². The summed E-state index contributed by atoms with van der Waals surface area (Å²) in [4.78, 5) is 25.1. The number of carbonyl (C=O) groups excluding carboxylic acids is 2. The monoisotopic (exact) mass is 348 g/mol. The molecule has 0 spiro atoms. The molecule has 2 heterocycles. The second kappa shape index (κ2) is 5.22. The Morgan fingerprint density at radius 3 is 2.55 bits per heavy atom. The van der Waals surface area contributed by atoms with Crippen molar-refractivity contribution in [2.75, 3.05) is 5.01 Å². The van der Waals surface area contributed by atoms with Crippen LogP contribution < -0.4 is 10.4 Å². The number of hydrogen-bond donors (Lipinski definition) is 1. The van der Waals surface area contributed by atoms with Gasteiger partial charge < -0.3 is 0 Å². The molecule has 1 aliphatic heterocycles. The molecule has 1 N–H and O–H groups in total. The summed E-state index contributed by atoms with van der Waals surface area (Å²) in [6, 6.07) is 10.9. The molecular formula is C14H9BrN2O2S. The summed E-state index contributed by atoms with van der Waals surface area (Å²) in [5.74, 6) is -0.725. The lowest BCUT2D eigenvalue weighted by Gasteiger charge is -2.14. The molecule has 1 aliphatic rings. The van der Waals surface area contributed by atoms with E-state index in [0.29, 0.717) is 5.69 Å². The average Bonchev–Trinajstić information content (AvgIpc) is 3.04. The van der Waals surface area contributed by atoms with Crippen molar-refractivity contribution in [3.05, 3.63) is 56.7 Å². The zero-order valence-electron chi connectivity index (χ0n) is 10.2. The number of benzene rings is 1. The Labute approximate surface area is 127 Å². The van der Waals surface area contributed by atoms with Crippen molar-refractivity contribution >= 4 is 50.8 Å². The van der Waals surface area contributed by atoms with Crippen LogP contribution in [-0.2, 0) is 9.59 Å². The van der Waals surface area contributed by atoms with Crippen molar-refractivity contribution in [3.8, 4) is 0 Å². The normalized spacial score (nSPS) is 16.9. The first-order chi connectivity index (χ1) is 9.65. The highest BCUT2D eigenvalue weighted by atomic mass is 79.9. The van der Waals surface area contributed by atoms with Crippen molar-refractivity contribution in [1.29, 1.82) is 0 Å². The number of anilines is 1. The van der Waals surface area contributed by atoms with Crippen LogP contribution in [0.25, 0.3) is 6.08 Å². The van der Waals surface area contributed by atoms with E-state index in [1.807, 2.05) is 29.6 Å². The molecule has 1 aromatic carbocycles. The van der Waals surface area contributed by atoms with E-state index in [9.17, 15) is 9.59 Å². The third-order valence-electron chi connectivity index (χ3n) is 2.81. The van der Waals surface area contributed by atoms with Crippen LogP contribution in [0.15, 0.2) is 51.8 Å². The van der Waals surface area contributed by atoms with Crippen LogP contribution in [0.2, 0.25) is 0 Å². The Balaban J connectivity index is 1.92. The largest absolute Gasteiger partial charge is 0.282 e. The van der Waals surface area contributed by atoms with E-state index in [4.69, 9.17) is 0 Å². The molecular weight excluding hydrogens is 340 g/mol. The Bertz CT molecular complexity index is 692. The van der Waals surface area contributed by atoms with Gasteiger partial charge in [0.2, 0.25) is 0 Å². The number of halogens is 1. The van der Waals surface area contributed by atoms with E-state index < -0.39 is 0 Å². The average molecular weight is 349 g/mol. The van der Waals surface area contributed by atoms with Gasteiger partial charge in [0, 0.05) is 9.35 Å². The summed E-state index contributed by atoms with van der Waals surface area (Å²) >= 11 is 4.81. The smallest absolute Gasteiger partial charge is 0.267 e. The van der Waals surface area contributed by atoms with Crippen LogP contribution >= 0.6 is 27.3 Å². The van der Waals surface area contributed by atoms with Gasteiger partial charge in [-0.2, -0.15) is 0 Å². The Hall–Kier alpha value is -1.92. The van der Waals surface area contributed by atoms with Crippen molar-refractivity contribution in [3.63, 3.8) is 0 Å². The van der Waals surface area contributed by atoms with Crippen molar-refractivity contribution in [1.82, 2.24) is 5.43 Å². The molecule has 2 amide bonds. The fourth-order valence-electron chi connectivity index (χ4n) is 1.85. The summed E-state index contributed by atoms with van der Waals surface area (Å²) in [7, 11) is 0. The lowest BCUT2D eigenvalue weighted by molar-refractivity contribution is -0.117. The van der Waals surface area contributed by atoms with Gasteiger partial charge in [-0.15, -0.1) is 11.3 Å². The maximum absolute atomic E-state index is 12.3. The number of nitrogens with one attached hydrogen (secondary N) is 1. The maximum atomic E-state index is 12.3. The molecule has 6 heteroatoms. The molecule has 0 unspecified atom stereocenters. The lowest BCUT2D eigenvalue weighted by Crippen LogP contribution is -2.35. The summed E-state index contributed by atoms with van der Waals surface area (Å²) in [5.41, 5.74) is 3.34. The summed E-state index contributed by atoms with van der Waals surface area (Å²) in [6.45, 7) is 0. The molecule has 20 heavy (non-hydrogen) atoms. The zero-order valence-corrected chi connectivity index (χ0v) is 12.6. The highest BCUT2D eigenvalue weighted by Gasteiger charge is 2.34. The van der Waals surface area contributed by atoms with Crippen molar-refractivity contribution in [2.24, 2.45) is 0 Å². The minimum absolute atomic E-state index is 0.148. The number of hydrazine groups is 1. The number of nitrogens with zero attached hydrogens (tertiary/aromatic N) is 1. The van der Waals surface area contributed by atoms with Gasteiger partial charge in [-0.25, -0.2) is 5.01 Å². The van der Waals surface area contributed by atoms with Crippen LogP contribution in [0.3, 0.4) is 0 Å². The molecule has 0 radical (unpaired) electrons. The molecule has 0 bridgehead atoms. The first kappa shape index (κ1) is 13.1. The number of rotatable bonds is 2. The molecule has 0 aliphatic carbocycles. The fraction of sp³-hybridized carbons (Fsp3) is 0. The molecule has 4 nitrogen and oxygen atoms in total. The van der Waals surface area contributed by atoms with Crippen LogP contribution in [0.4, 0.5) is 5.69 Å². The molecule has 1 fully saturated rings. The highest BCUT2D eigenvalue weighted by Crippen LogP contribution is 2.24.